The van der Waals surface area contributed by atoms with E-state index in [1.807, 2.05) is 13.0 Å². The molecule has 0 saturated carbocycles. The summed E-state index contributed by atoms with van der Waals surface area (Å²) in [5, 5.41) is 9.50. The summed E-state index contributed by atoms with van der Waals surface area (Å²) in [6.45, 7) is 1.88. The Hall–Kier alpha value is 0.0600. The molecule has 38 valence electrons. The minimum absolute atomic E-state index is 0. The fourth-order valence-corrected chi connectivity index (χ4v) is 0.191. The van der Waals surface area contributed by atoms with Crippen molar-refractivity contribution in [2.24, 2.45) is 0 Å². The molecule has 0 radical (unpaired) electrons. The second kappa shape index (κ2) is 10.1. The van der Waals surface area contributed by atoms with Crippen molar-refractivity contribution >= 4 is 0 Å². The van der Waals surface area contributed by atoms with Gasteiger partial charge in [-0.1, -0.05) is 12.2 Å². The van der Waals surface area contributed by atoms with Gasteiger partial charge >= 0.3 is 29.6 Å². The first-order valence-corrected chi connectivity index (χ1v) is 2.06. The van der Waals surface area contributed by atoms with Gasteiger partial charge in [-0.2, -0.15) is 0 Å². The van der Waals surface area contributed by atoms with Crippen molar-refractivity contribution in [2.45, 2.75) is 6.92 Å². The third-order valence-corrected chi connectivity index (χ3v) is 0.453. The summed E-state index contributed by atoms with van der Waals surface area (Å²) in [5.41, 5.74) is 2.36. The molecule has 0 heterocycles. The van der Waals surface area contributed by atoms with Crippen LogP contribution < -0.4 is 34.7 Å². The summed E-state index contributed by atoms with van der Waals surface area (Å²) in [6.07, 6.45) is 5.76. The molecular weight excluding hydrogens is 111 g/mol. The predicted octanol–water partition coefficient (Wildman–Crippen LogP) is -2.40. The van der Waals surface area contributed by atoms with E-state index < -0.39 is 0 Å². The van der Waals surface area contributed by atoms with E-state index in [2.05, 4.69) is 5.73 Å². The van der Waals surface area contributed by atoms with Crippen molar-refractivity contribution < 1.29 is 34.7 Å². The van der Waals surface area contributed by atoms with Gasteiger partial charge in [0.25, 0.3) is 0 Å². The smallest absolute Gasteiger partial charge is 0.872 e. The third-order valence-electron chi connectivity index (χ3n) is 0.453. The molecule has 0 unspecified atom stereocenters. The summed E-state index contributed by atoms with van der Waals surface area (Å²) in [7, 11) is 0. The van der Waals surface area contributed by atoms with Crippen molar-refractivity contribution in [1.82, 2.24) is 0 Å². The summed E-state index contributed by atoms with van der Waals surface area (Å²) >= 11 is 0. The van der Waals surface area contributed by atoms with Crippen LogP contribution in [0.1, 0.15) is 6.92 Å². The van der Waals surface area contributed by atoms with Crippen molar-refractivity contribution in [3.63, 3.8) is 0 Å². The number of rotatable bonds is 1. The van der Waals surface area contributed by atoms with Gasteiger partial charge in [0.05, 0.1) is 0 Å². The zero-order chi connectivity index (χ0) is 5.54. The molecular formula is C6H7NaO. The van der Waals surface area contributed by atoms with E-state index in [0.29, 0.717) is 6.26 Å². The molecule has 0 aromatic carbocycles. The van der Waals surface area contributed by atoms with Crippen LogP contribution in [0, 0.1) is 0 Å². The van der Waals surface area contributed by atoms with Gasteiger partial charge in [-0.25, -0.2) is 0 Å². The molecule has 2 heteroatoms. The molecule has 1 nitrogen and oxygen atoms in total. The van der Waals surface area contributed by atoms with Gasteiger partial charge in [-0.3, -0.25) is 0 Å². The van der Waals surface area contributed by atoms with Crippen LogP contribution >= 0.6 is 0 Å². The first-order chi connectivity index (χ1) is 3.41. The Morgan fingerprint density at radius 1 is 1.50 bits per heavy atom. The Kier molecular flexibility index (Phi) is 13.8. The maximum absolute atomic E-state index is 9.50. The predicted molar refractivity (Wildman–Crippen MR) is 27.5 cm³/mol. The maximum atomic E-state index is 9.50. The van der Waals surface area contributed by atoms with Gasteiger partial charge in [0.15, 0.2) is 0 Å². The minimum Gasteiger partial charge on any atom is -0.872 e. The number of allylic oxidation sites excluding steroid dienone is 3. The molecule has 0 fully saturated rings. The molecule has 0 aliphatic heterocycles. The van der Waals surface area contributed by atoms with E-state index in [0.717, 1.165) is 0 Å². The summed E-state index contributed by atoms with van der Waals surface area (Å²) in [4.78, 5) is 0. The van der Waals surface area contributed by atoms with Gasteiger partial charge in [-0.15, -0.1) is 12.0 Å². The second-order valence-corrected chi connectivity index (χ2v) is 0.977. The van der Waals surface area contributed by atoms with Crippen LogP contribution in [0.3, 0.4) is 0 Å². The van der Waals surface area contributed by atoms with Crippen LogP contribution in [0.15, 0.2) is 30.2 Å². The molecule has 0 aromatic rings. The van der Waals surface area contributed by atoms with Gasteiger partial charge < -0.3 is 5.11 Å². The molecule has 0 spiro atoms. The normalized spacial score (nSPS) is 7.12. The van der Waals surface area contributed by atoms with E-state index in [4.69, 9.17) is 0 Å². The Labute approximate surface area is 71.7 Å². The van der Waals surface area contributed by atoms with Crippen LogP contribution in [0.5, 0.6) is 0 Å². The van der Waals surface area contributed by atoms with E-state index in [-0.39, 0.29) is 29.6 Å². The van der Waals surface area contributed by atoms with Gasteiger partial charge in [-0.05, 0) is 13.0 Å². The van der Waals surface area contributed by atoms with Gasteiger partial charge in [0.2, 0.25) is 0 Å². The van der Waals surface area contributed by atoms with Crippen LogP contribution in [0.2, 0.25) is 0 Å². The minimum atomic E-state index is 0. The molecule has 0 rings (SSSR count). The van der Waals surface area contributed by atoms with E-state index in [1.54, 1.807) is 12.2 Å². The average molecular weight is 118 g/mol. The van der Waals surface area contributed by atoms with E-state index in [1.165, 1.54) is 0 Å². The molecule has 0 aliphatic rings. The fourth-order valence-electron chi connectivity index (χ4n) is 0.191. The Morgan fingerprint density at radius 2 is 2.12 bits per heavy atom. The Bertz CT molecular complexity index is 110. The van der Waals surface area contributed by atoms with Crippen molar-refractivity contribution in [3.05, 3.63) is 30.2 Å². The van der Waals surface area contributed by atoms with Crippen LogP contribution in [0.4, 0.5) is 0 Å². The molecule has 0 bridgehead atoms. The SMILES string of the molecule is CC=CC=C=C[O-].[Na+]. The van der Waals surface area contributed by atoms with Gasteiger partial charge in [0, 0.05) is 0 Å². The molecule has 8 heavy (non-hydrogen) atoms. The maximum Gasteiger partial charge on any atom is 1.00 e. The monoisotopic (exact) mass is 118 g/mol. The first kappa shape index (κ1) is 10.9. The molecule has 0 saturated heterocycles. The van der Waals surface area contributed by atoms with Crippen LogP contribution in [-0.2, 0) is 0 Å². The first-order valence-electron chi connectivity index (χ1n) is 2.06. The average Bonchev–Trinajstić information content (AvgIpc) is 1.69. The van der Waals surface area contributed by atoms with Crippen molar-refractivity contribution in [2.75, 3.05) is 0 Å². The topological polar surface area (TPSA) is 23.1 Å². The quantitative estimate of drug-likeness (QED) is 0.163. The molecule has 0 amide bonds. The Morgan fingerprint density at radius 3 is 2.50 bits per heavy atom. The van der Waals surface area contributed by atoms with Crippen molar-refractivity contribution in [3.8, 4) is 0 Å². The molecule has 0 N–H and O–H groups in total. The summed E-state index contributed by atoms with van der Waals surface area (Å²) in [5.74, 6) is 0. The van der Waals surface area contributed by atoms with E-state index >= 15 is 0 Å². The third kappa shape index (κ3) is 9.41. The summed E-state index contributed by atoms with van der Waals surface area (Å²) < 4.78 is 0. The zero-order valence-electron chi connectivity index (χ0n) is 5.22. The zero-order valence-corrected chi connectivity index (χ0v) is 7.22. The second-order valence-electron chi connectivity index (χ2n) is 0.977. The Balaban J connectivity index is 0. The van der Waals surface area contributed by atoms with E-state index in [9.17, 15) is 5.11 Å². The summed E-state index contributed by atoms with van der Waals surface area (Å²) in [6, 6.07) is 0. The molecule has 0 atom stereocenters. The van der Waals surface area contributed by atoms with Crippen LogP contribution in [-0.4, -0.2) is 0 Å². The number of hydrogen-bond donors (Lipinski definition) is 0. The molecule has 0 aromatic heterocycles. The molecule has 0 aliphatic carbocycles. The van der Waals surface area contributed by atoms with Crippen LogP contribution in [0.25, 0.3) is 0 Å². The fraction of sp³-hybridized carbons (Fsp3) is 0.167. The van der Waals surface area contributed by atoms with Gasteiger partial charge in [0.1, 0.15) is 0 Å². The standard InChI is InChI=1S/C6H8O.Na/c1-2-3-4-5-6-7;/h2-4,6-7H,1H3;/q;+1/p-1. The number of hydrogen-bond acceptors (Lipinski definition) is 1. The van der Waals surface area contributed by atoms with Crippen molar-refractivity contribution in [1.29, 1.82) is 0 Å². The largest absolute Gasteiger partial charge is 1.00 e.